The SMILES string of the molecule is CCOC(=O)N1CCC(NC(=O)N2CCN(c3cccc(Cl)c3)CC2)CC1. The smallest absolute Gasteiger partial charge is 0.409 e. The van der Waals surface area contributed by atoms with Gasteiger partial charge in [-0.2, -0.15) is 0 Å². The van der Waals surface area contributed by atoms with Crippen molar-refractivity contribution in [2.24, 2.45) is 0 Å². The number of nitrogens with one attached hydrogen (secondary N) is 1. The third kappa shape index (κ3) is 5.19. The number of carbonyl (C=O) groups is 2. The summed E-state index contributed by atoms with van der Waals surface area (Å²) in [5, 5.41) is 3.84. The third-order valence-corrected chi connectivity index (χ3v) is 5.32. The second-order valence-electron chi connectivity index (χ2n) is 6.86. The maximum atomic E-state index is 12.6. The van der Waals surface area contributed by atoms with E-state index in [2.05, 4.69) is 10.2 Å². The van der Waals surface area contributed by atoms with E-state index < -0.39 is 0 Å². The average Bonchev–Trinajstić information content (AvgIpc) is 2.69. The second-order valence-corrected chi connectivity index (χ2v) is 7.30. The van der Waals surface area contributed by atoms with Crippen LogP contribution in [0.1, 0.15) is 19.8 Å². The lowest BCUT2D eigenvalue weighted by Crippen LogP contribution is -2.55. The summed E-state index contributed by atoms with van der Waals surface area (Å²) < 4.78 is 5.03. The zero-order valence-corrected chi connectivity index (χ0v) is 16.5. The molecule has 1 aromatic rings. The van der Waals surface area contributed by atoms with Gasteiger partial charge in [-0.05, 0) is 38.0 Å². The van der Waals surface area contributed by atoms with Crippen molar-refractivity contribution in [2.75, 3.05) is 50.8 Å². The van der Waals surface area contributed by atoms with Gasteiger partial charge in [0, 0.05) is 56.0 Å². The number of piperidine rings is 1. The standard InChI is InChI=1S/C19H27ClN4O3/c1-2-27-19(26)24-8-6-16(7-9-24)21-18(25)23-12-10-22(11-13-23)17-5-3-4-15(20)14-17/h3-5,14,16H,2,6-13H2,1H3,(H,21,25). The van der Waals surface area contributed by atoms with Crippen LogP contribution in [0.3, 0.4) is 0 Å². The fourth-order valence-electron chi connectivity index (χ4n) is 3.53. The van der Waals surface area contributed by atoms with Crippen molar-refractivity contribution in [2.45, 2.75) is 25.8 Å². The van der Waals surface area contributed by atoms with E-state index in [0.29, 0.717) is 32.8 Å². The first-order chi connectivity index (χ1) is 13.1. The molecule has 0 bridgehead atoms. The summed E-state index contributed by atoms with van der Waals surface area (Å²) in [4.78, 5) is 30.1. The van der Waals surface area contributed by atoms with Crippen LogP contribution in [0.4, 0.5) is 15.3 Å². The third-order valence-electron chi connectivity index (χ3n) is 5.09. The molecule has 3 amide bonds. The van der Waals surface area contributed by atoms with Crippen molar-refractivity contribution >= 4 is 29.4 Å². The van der Waals surface area contributed by atoms with Gasteiger partial charge >= 0.3 is 12.1 Å². The van der Waals surface area contributed by atoms with E-state index in [1.165, 1.54) is 0 Å². The van der Waals surface area contributed by atoms with E-state index in [0.717, 1.165) is 36.6 Å². The van der Waals surface area contributed by atoms with Crippen LogP contribution in [0.2, 0.25) is 5.02 Å². The van der Waals surface area contributed by atoms with E-state index in [9.17, 15) is 9.59 Å². The number of carbonyl (C=O) groups excluding carboxylic acids is 2. The van der Waals surface area contributed by atoms with Gasteiger partial charge in [-0.15, -0.1) is 0 Å². The summed E-state index contributed by atoms with van der Waals surface area (Å²) in [7, 11) is 0. The molecule has 8 heteroatoms. The van der Waals surface area contributed by atoms with Gasteiger partial charge in [0.25, 0.3) is 0 Å². The number of halogens is 1. The Morgan fingerprint density at radius 1 is 1.11 bits per heavy atom. The number of hydrogen-bond donors (Lipinski definition) is 1. The molecule has 0 spiro atoms. The number of rotatable bonds is 3. The monoisotopic (exact) mass is 394 g/mol. The number of amides is 3. The zero-order chi connectivity index (χ0) is 19.2. The molecule has 2 aliphatic heterocycles. The molecule has 0 saturated carbocycles. The second kappa shape index (κ2) is 9.17. The summed E-state index contributed by atoms with van der Waals surface area (Å²) in [5.74, 6) is 0. The molecule has 0 unspecified atom stereocenters. The number of piperazine rings is 1. The quantitative estimate of drug-likeness (QED) is 0.856. The summed E-state index contributed by atoms with van der Waals surface area (Å²) >= 11 is 6.07. The molecule has 2 saturated heterocycles. The van der Waals surface area contributed by atoms with E-state index in [1.54, 1.807) is 11.8 Å². The number of anilines is 1. The van der Waals surface area contributed by atoms with Gasteiger partial charge in [-0.25, -0.2) is 9.59 Å². The number of benzene rings is 1. The number of hydrogen-bond acceptors (Lipinski definition) is 4. The Morgan fingerprint density at radius 3 is 2.44 bits per heavy atom. The predicted molar refractivity (Wildman–Crippen MR) is 105 cm³/mol. The van der Waals surface area contributed by atoms with Gasteiger partial charge in [0.05, 0.1) is 6.61 Å². The van der Waals surface area contributed by atoms with Crippen molar-refractivity contribution in [3.63, 3.8) is 0 Å². The lowest BCUT2D eigenvalue weighted by atomic mass is 10.1. The Hall–Kier alpha value is -2.15. The van der Waals surface area contributed by atoms with E-state index in [4.69, 9.17) is 16.3 Å². The first kappa shape index (κ1) is 19.6. The van der Waals surface area contributed by atoms with Gasteiger partial charge in [-0.3, -0.25) is 0 Å². The van der Waals surface area contributed by atoms with Crippen LogP contribution in [0.25, 0.3) is 0 Å². The maximum Gasteiger partial charge on any atom is 0.409 e. The lowest BCUT2D eigenvalue weighted by molar-refractivity contribution is 0.0950. The van der Waals surface area contributed by atoms with Crippen LogP contribution >= 0.6 is 11.6 Å². The lowest BCUT2D eigenvalue weighted by Gasteiger charge is -2.38. The molecule has 3 rings (SSSR count). The predicted octanol–water partition coefficient (Wildman–Crippen LogP) is 2.79. The van der Waals surface area contributed by atoms with Crippen LogP contribution < -0.4 is 10.2 Å². The van der Waals surface area contributed by atoms with Crippen LogP contribution in [0.15, 0.2) is 24.3 Å². The van der Waals surface area contributed by atoms with Gasteiger partial charge in [0.1, 0.15) is 0 Å². The molecule has 2 heterocycles. The minimum Gasteiger partial charge on any atom is -0.450 e. The van der Waals surface area contributed by atoms with Crippen molar-refractivity contribution in [3.8, 4) is 0 Å². The largest absolute Gasteiger partial charge is 0.450 e. The van der Waals surface area contributed by atoms with E-state index in [1.807, 2.05) is 29.2 Å². The zero-order valence-electron chi connectivity index (χ0n) is 15.7. The van der Waals surface area contributed by atoms with Crippen molar-refractivity contribution < 1.29 is 14.3 Å². The van der Waals surface area contributed by atoms with E-state index in [-0.39, 0.29) is 18.2 Å². The molecular weight excluding hydrogens is 368 g/mol. The molecule has 2 aliphatic rings. The van der Waals surface area contributed by atoms with Crippen LogP contribution in [-0.2, 0) is 4.74 Å². The van der Waals surface area contributed by atoms with Gasteiger partial charge < -0.3 is 24.8 Å². The Balaban J connectivity index is 1.42. The maximum absolute atomic E-state index is 12.6. The fourth-order valence-corrected chi connectivity index (χ4v) is 3.71. The molecule has 2 fully saturated rings. The Morgan fingerprint density at radius 2 is 1.81 bits per heavy atom. The number of nitrogens with zero attached hydrogens (tertiary/aromatic N) is 3. The minimum atomic E-state index is -0.264. The van der Waals surface area contributed by atoms with Crippen molar-refractivity contribution in [1.82, 2.24) is 15.1 Å². The molecule has 148 valence electrons. The van der Waals surface area contributed by atoms with Crippen molar-refractivity contribution in [3.05, 3.63) is 29.3 Å². The number of urea groups is 1. The Labute approximate surface area is 165 Å². The van der Waals surface area contributed by atoms with Crippen LogP contribution in [-0.4, -0.2) is 73.8 Å². The molecular formula is C19H27ClN4O3. The highest BCUT2D eigenvalue weighted by atomic mass is 35.5. The number of ether oxygens (including phenoxy) is 1. The van der Waals surface area contributed by atoms with Crippen LogP contribution in [0.5, 0.6) is 0 Å². The molecule has 27 heavy (non-hydrogen) atoms. The summed E-state index contributed by atoms with van der Waals surface area (Å²) in [6, 6.07) is 7.89. The average molecular weight is 395 g/mol. The molecule has 0 radical (unpaired) electrons. The minimum absolute atomic E-state index is 0.0182. The molecule has 0 aromatic heterocycles. The molecule has 0 atom stereocenters. The van der Waals surface area contributed by atoms with E-state index >= 15 is 0 Å². The summed E-state index contributed by atoms with van der Waals surface area (Å²) in [6.07, 6.45) is 1.25. The summed E-state index contributed by atoms with van der Waals surface area (Å²) in [5.41, 5.74) is 1.09. The van der Waals surface area contributed by atoms with Crippen molar-refractivity contribution in [1.29, 1.82) is 0 Å². The topological polar surface area (TPSA) is 65.1 Å². The number of likely N-dealkylation sites (tertiary alicyclic amines) is 1. The molecule has 1 N–H and O–H groups in total. The highest BCUT2D eigenvalue weighted by molar-refractivity contribution is 6.30. The normalized spacial score (nSPS) is 18.4. The van der Waals surface area contributed by atoms with Gasteiger partial charge in [-0.1, -0.05) is 17.7 Å². The highest BCUT2D eigenvalue weighted by Gasteiger charge is 2.27. The first-order valence-electron chi connectivity index (χ1n) is 9.54. The Kier molecular flexibility index (Phi) is 6.66. The van der Waals surface area contributed by atoms with Gasteiger partial charge in [0.15, 0.2) is 0 Å². The molecule has 1 aromatic carbocycles. The Bertz CT molecular complexity index is 656. The van der Waals surface area contributed by atoms with Crippen LogP contribution in [0, 0.1) is 0 Å². The fraction of sp³-hybridized carbons (Fsp3) is 0.579. The highest BCUT2D eigenvalue weighted by Crippen LogP contribution is 2.21. The summed E-state index contributed by atoms with van der Waals surface area (Å²) in [6.45, 7) is 6.36. The first-order valence-corrected chi connectivity index (χ1v) is 9.92. The molecule has 7 nitrogen and oxygen atoms in total. The van der Waals surface area contributed by atoms with Gasteiger partial charge in [0.2, 0.25) is 0 Å². The molecule has 0 aliphatic carbocycles.